The molecule has 0 bridgehead atoms. The minimum Gasteiger partial charge on any atom is -0.352 e. The Morgan fingerprint density at radius 1 is 0.818 bits per heavy atom. The predicted octanol–water partition coefficient (Wildman–Crippen LogP) is 5.88. The molecule has 230 valence electrons. The van der Waals surface area contributed by atoms with E-state index >= 15 is 0 Å². The van der Waals surface area contributed by atoms with Gasteiger partial charge in [0.2, 0.25) is 11.8 Å². The maximum absolute atomic E-state index is 14.4. The number of amides is 2. The summed E-state index contributed by atoms with van der Waals surface area (Å²) in [5.41, 5.74) is 2.64. The molecular weight excluding hydrogens is 577 g/mol. The first kappa shape index (κ1) is 32.4. The second kappa shape index (κ2) is 14.8. The molecule has 0 saturated carbocycles. The fraction of sp³-hybridized carbons (Fsp3) is 0.257. The van der Waals surface area contributed by atoms with Gasteiger partial charge in [-0.05, 0) is 67.8 Å². The van der Waals surface area contributed by atoms with Gasteiger partial charge in [0.1, 0.15) is 18.4 Å². The van der Waals surface area contributed by atoms with Crippen molar-refractivity contribution in [3.8, 4) is 0 Å². The van der Waals surface area contributed by atoms with Crippen molar-refractivity contribution in [2.45, 2.75) is 57.1 Å². The normalized spacial score (nSPS) is 12.6. The van der Waals surface area contributed by atoms with Gasteiger partial charge in [-0.2, -0.15) is 0 Å². The average Bonchev–Trinajstić information content (AvgIpc) is 3.03. The number of nitrogens with one attached hydrogen (secondary N) is 1. The molecule has 0 fully saturated rings. The SMILES string of the molecule is CC[C@@H](C)NC(=O)[C@H](Cc1ccccc1)N(Cc1ccccc1)C(=O)CN(c1ccc(F)cc1)S(=O)(=O)c1ccc(C)cc1. The number of halogens is 1. The lowest BCUT2D eigenvalue weighted by molar-refractivity contribution is -0.140. The van der Waals surface area contributed by atoms with Crippen LogP contribution in [0.2, 0.25) is 0 Å². The van der Waals surface area contributed by atoms with Gasteiger partial charge in [-0.1, -0.05) is 85.3 Å². The van der Waals surface area contributed by atoms with E-state index < -0.39 is 34.3 Å². The van der Waals surface area contributed by atoms with E-state index in [1.807, 2.05) is 81.4 Å². The van der Waals surface area contributed by atoms with E-state index in [2.05, 4.69) is 5.32 Å². The third kappa shape index (κ3) is 8.32. The maximum Gasteiger partial charge on any atom is 0.264 e. The molecule has 44 heavy (non-hydrogen) atoms. The second-order valence-electron chi connectivity index (χ2n) is 10.8. The van der Waals surface area contributed by atoms with Gasteiger partial charge >= 0.3 is 0 Å². The molecule has 0 aliphatic carbocycles. The highest BCUT2D eigenvalue weighted by Crippen LogP contribution is 2.26. The molecule has 2 amide bonds. The van der Waals surface area contributed by atoms with Gasteiger partial charge in [0, 0.05) is 19.0 Å². The topological polar surface area (TPSA) is 86.8 Å². The lowest BCUT2D eigenvalue weighted by Crippen LogP contribution is -2.54. The molecule has 4 aromatic rings. The minimum atomic E-state index is -4.25. The number of hydrogen-bond acceptors (Lipinski definition) is 4. The molecule has 0 aromatic heterocycles. The zero-order valence-corrected chi connectivity index (χ0v) is 26.0. The fourth-order valence-electron chi connectivity index (χ4n) is 4.75. The fourth-order valence-corrected chi connectivity index (χ4v) is 6.16. The zero-order chi connectivity index (χ0) is 31.7. The Hall–Kier alpha value is -4.50. The molecule has 4 aromatic carbocycles. The average molecular weight is 616 g/mol. The standard InChI is InChI=1S/C35H38FN3O4S/c1-4-27(3)37-35(41)33(23-28-11-7-5-8-12-28)38(24-29-13-9-6-10-14-29)34(40)25-39(31-19-17-30(36)18-20-31)44(42,43)32-21-15-26(2)16-22-32/h5-22,27,33H,4,23-25H2,1-3H3,(H,37,41)/t27-,33+/m1/s1. The van der Waals surface area contributed by atoms with E-state index in [0.29, 0.717) is 6.42 Å². The van der Waals surface area contributed by atoms with Crippen LogP contribution in [0.4, 0.5) is 10.1 Å². The number of anilines is 1. The van der Waals surface area contributed by atoms with Gasteiger partial charge in [-0.15, -0.1) is 0 Å². The lowest BCUT2D eigenvalue weighted by Gasteiger charge is -2.34. The summed E-state index contributed by atoms with van der Waals surface area (Å²) in [5.74, 6) is -1.44. The van der Waals surface area contributed by atoms with E-state index in [4.69, 9.17) is 0 Å². The molecule has 0 saturated heterocycles. The Balaban J connectivity index is 1.79. The van der Waals surface area contributed by atoms with E-state index in [9.17, 15) is 22.4 Å². The van der Waals surface area contributed by atoms with Crippen LogP contribution < -0.4 is 9.62 Å². The van der Waals surface area contributed by atoms with Gasteiger partial charge in [-0.3, -0.25) is 13.9 Å². The second-order valence-corrected chi connectivity index (χ2v) is 12.7. The Labute approximate surface area is 259 Å². The van der Waals surface area contributed by atoms with Crippen LogP contribution in [0.25, 0.3) is 0 Å². The molecule has 2 atom stereocenters. The number of benzene rings is 4. The Morgan fingerprint density at radius 3 is 1.95 bits per heavy atom. The number of nitrogens with zero attached hydrogens (tertiary/aromatic N) is 2. The quantitative estimate of drug-likeness (QED) is 0.203. The summed E-state index contributed by atoms with van der Waals surface area (Å²) >= 11 is 0. The van der Waals surface area contributed by atoms with Crippen LogP contribution >= 0.6 is 0 Å². The summed E-state index contributed by atoms with van der Waals surface area (Å²) in [6.45, 7) is 5.17. The van der Waals surface area contributed by atoms with Crippen molar-refractivity contribution < 1.29 is 22.4 Å². The van der Waals surface area contributed by atoms with Gasteiger partial charge in [0.05, 0.1) is 10.6 Å². The molecule has 0 spiro atoms. The summed E-state index contributed by atoms with van der Waals surface area (Å²) in [6.07, 6.45) is 0.923. The minimum absolute atomic E-state index is 0.00909. The lowest BCUT2D eigenvalue weighted by atomic mass is 10.0. The summed E-state index contributed by atoms with van der Waals surface area (Å²) in [6, 6.07) is 28.8. The van der Waals surface area contributed by atoms with Crippen LogP contribution in [0.5, 0.6) is 0 Å². The maximum atomic E-state index is 14.4. The number of carbonyl (C=O) groups is 2. The Bertz CT molecular complexity index is 1630. The van der Waals surface area contributed by atoms with Crippen molar-refractivity contribution in [3.05, 3.63) is 132 Å². The van der Waals surface area contributed by atoms with Crippen molar-refractivity contribution in [1.82, 2.24) is 10.2 Å². The van der Waals surface area contributed by atoms with Gasteiger partial charge in [0.25, 0.3) is 10.0 Å². The molecule has 0 radical (unpaired) electrons. The number of sulfonamides is 1. The van der Waals surface area contributed by atoms with E-state index in [-0.39, 0.29) is 35.5 Å². The van der Waals surface area contributed by atoms with Crippen molar-refractivity contribution in [1.29, 1.82) is 0 Å². The van der Waals surface area contributed by atoms with Gasteiger partial charge < -0.3 is 10.2 Å². The van der Waals surface area contributed by atoms with Crippen molar-refractivity contribution >= 4 is 27.5 Å². The number of hydrogen-bond donors (Lipinski definition) is 1. The third-order valence-corrected chi connectivity index (χ3v) is 9.26. The number of carbonyl (C=O) groups excluding carboxylic acids is 2. The molecule has 9 heteroatoms. The van der Waals surface area contributed by atoms with E-state index in [1.54, 1.807) is 12.1 Å². The Morgan fingerprint density at radius 2 is 1.39 bits per heavy atom. The van der Waals surface area contributed by atoms with E-state index in [1.165, 1.54) is 29.2 Å². The molecule has 0 heterocycles. The van der Waals surface area contributed by atoms with Crippen LogP contribution in [0.3, 0.4) is 0 Å². The highest BCUT2D eigenvalue weighted by atomic mass is 32.2. The molecular formula is C35H38FN3O4S. The molecule has 0 aliphatic rings. The monoisotopic (exact) mass is 615 g/mol. The highest BCUT2D eigenvalue weighted by molar-refractivity contribution is 7.92. The van der Waals surface area contributed by atoms with Crippen LogP contribution in [0.1, 0.15) is 37.0 Å². The van der Waals surface area contributed by atoms with Crippen molar-refractivity contribution in [2.75, 3.05) is 10.8 Å². The first-order chi connectivity index (χ1) is 21.1. The van der Waals surface area contributed by atoms with Crippen LogP contribution in [0.15, 0.2) is 114 Å². The molecule has 0 aliphatic heterocycles. The highest BCUT2D eigenvalue weighted by Gasteiger charge is 2.35. The zero-order valence-electron chi connectivity index (χ0n) is 25.2. The van der Waals surface area contributed by atoms with Gasteiger partial charge in [-0.25, -0.2) is 12.8 Å². The summed E-state index contributed by atoms with van der Waals surface area (Å²) in [7, 11) is -4.25. The van der Waals surface area contributed by atoms with E-state index in [0.717, 1.165) is 33.1 Å². The number of rotatable bonds is 13. The van der Waals surface area contributed by atoms with Gasteiger partial charge in [0.15, 0.2) is 0 Å². The van der Waals surface area contributed by atoms with Crippen LogP contribution in [-0.4, -0.2) is 43.8 Å². The Kier molecular flexibility index (Phi) is 10.9. The molecule has 7 nitrogen and oxygen atoms in total. The first-order valence-electron chi connectivity index (χ1n) is 14.6. The smallest absolute Gasteiger partial charge is 0.264 e. The molecule has 1 N–H and O–H groups in total. The van der Waals surface area contributed by atoms with Crippen molar-refractivity contribution in [3.63, 3.8) is 0 Å². The predicted molar refractivity (Wildman–Crippen MR) is 171 cm³/mol. The summed E-state index contributed by atoms with van der Waals surface area (Å²) in [4.78, 5) is 29.6. The van der Waals surface area contributed by atoms with Crippen LogP contribution in [-0.2, 0) is 32.6 Å². The van der Waals surface area contributed by atoms with Crippen LogP contribution in [0, 0.1) is 12.7 Å². The molecule has 4 rings (SSSR count). The van der Waals surface area contributed by atoms with Crippen molar-refractivity contribution in [2.24, 2.45) is 0 Å². The largest absolute Gasteiger partial charge is 0.352 e. The summed E-state index contributed by atoms with van der Waals surface area (Å²) < 4.78 is 42.9. The molecule has 0 unspecified atom stereocenters. The number of aryl methyl sites for hydroxylation is 1. The summed E-state index contributed by atoms with van der Waals surface area (Å²) in [5, 5.41) is 3.02. The first-order valence-corrected chi connectivity index (χ1v) is 16.0. The third-order valence-electron chi connectivity index (χ3n) is 7.47.